The van der Waals surface area contributed by atoms with Crippen LogP contribution in [0.25, 0.3) is 0 Å². The topological polar surface area (TPSA) is 64.7 Å². The van der Waals surface area contributed by atoms with E-state index in [1.54, 1.807) is 6.07 Å². The van der Waals surface area contributed by atoms with Gasteiger partial charge in [-0.3, -0.25) is 4.79 Å². The first-order chi connectivity index (χ1) is 10.5. The van der Waals surface area contributed by atoms with Crippen LogP contribution in [0.1, 0.15) is 38.7 Å². The molecule has 4 nitrogen and oxygen atoms in total. The highest BCUT2D eigenvalue weighted by Gasteiger charge is 2.52. The molecule has 1 aromatic carbocycles. The molecule has 1 heterocycles. The predicted molar refractivity (Wildman–Crippen MR) is 87.1 cm³/mol. The number of halogens is 1. The highest BCUT2D eigenvalue weighted by Crippen LogP contribution is 2.44. The van der Waals surface area contributed by atoms with Crippen LogP contribution in [-0.2, 0) is 15.1 Å². The molecule has 0 spiro atoms. The number of aliphatic imine (C=N–C) groups is 1. The molecule has 1 aliphatic carbocycles. The number of rotatable bonds is 3. The number of Topliss-reactive ketones (excluding diaryl/α,β-unsaturated/α-hetero) is 1. The molecule has 0 amide bonds. The van der Waals surface area contributed by atoms with Gasteiger partial charge in [-0.1, -0.05) is 43.6 Å². The van der Waals surface area contributed by atoms with E-state index in [0.29, 0.717) is 17.3 Å². The Labute approximate surface area is 135 Å². The molecule has 0 radical (unpaired) electrons. The fourth-order valence-electron chi connectivity index (χ4n) is 3.21. The molecule has 2 unspecified atom stereocenters. The maximum absolute atomic E-state index is 12.9. The van der Waals surface area contributed by atoms with E-state index in [-0.39, 0.29) is 17.7 Å². The van der Waals surface area contributed by atoms with Gasteiger partial charge in [-0.2, -0.15) is 0 Å². The van der Waals surface area contributed by atoms with Crippen molar-refractivity contribution in [3.63, 3.8) is 0 Å². The number of ketones is 1. The van der Waals surface area contributed by atoms with E-state index in [1.807, 2.05) is 32.0 Å². The Hall–Kier alpha value is -1.39. The van der Waals surface area contributed by atoms with Gasteiger partial charge in [0, 0.05) is 10.6 Å². The number of fused-ring (bicyclic) bond motifs is 2. The van der Waals surface area contributed by atoms with Crippen molar-refractivity contribution in [2.45, 2.75) is 50.8 Å². The molecule has 1 saturated carbocycles. The SMILES string of the molecule is CC(C)[C@H](N)C1=NC2(c3ccccc3Cl)CCCC(O1)C2=O. The molecule has 118 valence electrons. The summed E-state index contributed by atoms with van der Waals surface area (Å²) in [6, 6.07) is 7.12. The van der Waals surface area contributed by atoms with E-state index < -0.39 is 11.6 Å². The second kappa shape index (κ2) is 5.67. The first-order valence-corrected chi connectivity index (χ1v) is 8.15. The number of nitrogens with zero attached hydrogens (tertiary/aromatic N) is 1. The van der Waals surface area contributed by atoms with Crippen LogP contribution in [0, 0.1) is 5.92 Å². The monoisotopic (exact) mass is 320 g/mol. The summed E-state index contributed by atoms with van der Waals surface area (Å²) >= 11 is 6.36. The minimum absolute atomic E-state index is 0.00607. The average Bonchev–Trinajstić information content (AvgIpc) is 2.47. The quantitative estimate of drug-likeness (QED) is 0.930. The minimum Gasteiger partial charge on any atom is -0.468 e. The number of carbonyl (C=O) groups excluding carboxylic acids is 1. The third-order valence-electron chi connectivity index (χ3n) is 4.59. The molecule has 3 rings (SSSR count). The number of hydrogen-bond acceptors (Lipinski definition) is 4. The lowest BCUT2D eigenvalue weighted by molar-refractivity contribution is -0.137. The Balaban J connectivity index is 2.15. The maximum Gasteiger partial charge on any atom is 0.205 e. The number of benzene rings is 1. The van der Waals surface area contributed by atoms with Gasteiger partial charge in [-0.15, -0.1) is 0 Å². The fourth-order valence-corrected chi connectivity index (χ4v) is 3.50. The Kier molecular flexibility index (Phi) is 4.00. The van der Waals surface area contributed by atoms with E-state index in [0.717, 1.165) is 18.4 Å². The summed E-state index contributed by atoms with van der Waals surface area (Å²) in [7, 11) is 0. The van der Waals surface area contributed by atoms with Crippen molar-refractivity contribution in [3.05, 3.63) is 34.9 Å². The molecule has 0 aromatic heterocycles. The van der Waals surface area contributed by atoms with Gasteiger partial charge in [0.25, 0.3) is 0 Å². The Morgan fingerprint density at radius 3 is 2.82 bits per heavy atom. The standard InChI is InChI=1S/C17H21ClN2O2/c1-10(2)14(19)16-20-17(11-6-3-4-7-12(11)18)9-5-8-13(22-16)15(17)21/h3-4,6-7,10,13-14H,5,8-9,19H2,1-2H3/t13?,14-,17?/m0/s1. The molecule has 2 aliphatic rings. The van der Waals surface area contributed by atoms with E-state index in [4.69, 9.17) is 27.1 Å². The highest BCUT2D eigenvalue weighted by atomic mass is 35.5. The van der Waals surface area contributed by atoms with Crippen molar-refractivity contribution in [1.82, 2.24) is 0 Å². The molecule has 22 heavy (non-hydrogen) atoms. The van der Waals surface area contributed by atoms with E-state index >= 15 is 0 Å². The lowest BCUT2D eigenvalue weighted by Crippen LogP contribution is -2.54. The van der Waals surface area contributed by atoms with Crippen LogP contribution >= 0.6 is 11.6 Å². The molecule has 1 fully saturated rings. The minimum atomic E-state index is -0.929. The van der Waals surface area contributed by atoms with E-state index in [2.05, 4.69) is 0 Å². The van der Waals surface area contributed by atoms with Crippen molar-refractivity contribution in [3.8, 4) is 0 Å². The van der Waals surface area contributed by atoms with E-state index in [9.17, 15) is 4.79 Å². The van der Waals surface area contributed by atoms with Gasteiger partial charge in [0.05, 0.1) is 6.04 Å². The highest BCUT2D eigenvalue weighted by molar-refractivity contribution is 6.32. The van der Waals surface area contributed by atoms with Crippen molar-refractivity contribution < 1.29 is 9.53 Å². The zero-order chi connectivity index (χ0) is 15.9. The number of nitrogens with two attached hydrogens (primary N) is 1. The number of carbonyl (C=O) groups is 1. The first-order valence-electron chi connectivity index (χ1n) is 7.77. The number of ether oxygens (including phenoxy) is 1. The molecule has 2 bridgehead atoms. The van der Waals surface area contributed by atoms with Crippen LogP contribution < -0.4 is 5.73 Å². The van der Waals surface area contributed by atoms with Gasteiger partial charge < -0.3 is 10.5 Å². The van der Waals surface area contributed by atoms with Gasteiger partial charge in [0.2, 0.25) is 11.7 Å². The van der Waals surface area contributed by atoms with Crippen molar-refractivity contribution in [1.29, 1.82) is 0 Å². The summed E-state index contributed by atoms with van der Waals surface area (Å²) in [5, 5.41) is 0.569. The average molecular weight is 321 g/mol. The molecular weight excluding hydrogens is 300 g/mol. The zero-order valence-corrected chi connectivity index (χ0v) is 13.6. The molecule has 5 heteroatoms. The van der Waals surface area contributed by atoms with Crippen LogP contribution in [0.5, 0.6) is 0 Å². The smallest absolute Gasteiger partial charge is 0.205 e. The molecular formula is C17H21ClN2O2. The third-order valence-corrected chi connectivity index (χ3v) is 4.92. The van der Waals surface area contributed by atoms with Crippen LogP contribution in [0.15, 0.2) is 29.3 Å². The first kappa shape index (κ1) is 15.5. The van der Waals surface area contributed by atoms with Gasteiger partial charge in [-0.25, -0.2) is 4.99 Å². The Bertz CT molecular complexity index is 629. The Morgan fingerprint density at radius 2 is 2.14 bits per heavy atom. The third kappa shape index (κ3) is 2.34. The summed E-state index contributed by atoms with van der Waals surface area (Å²) in [5.41, 5.74) is 6.05. The van der Waals surface area contributed by atoms with Gasteiger partial charge in [-0.05, 0) is 31.2 Å². The Morgan fingerprint density at radius 1 is 1.41 bits per heavy atom. The van der Waals surface area contributed by atoms with Gasteiger partial charge >= 0.3 is 0 Å². The molecule has 2 N–H and O–H groups in total. The van der Waals surface area contributed by atoms with Crippen LogP contribution in [0.4, 0.5) is 0 Å². The molecule has 3 atom stereocenters. The summed E-state index contributed by atoms with van der Waals surface area (Å²) in [6.07, 6.45) is 1.80. The van der Waals surface area contributed by atoms with Crippen molar-refractivity contribution in [2.75, 3.05) is 0 Å². The summed E-state index contributed by atoms with van der Waals surface area (Å²) in [4.78, 5) is 17.6. The van der Waals surface area contributed by atoms with Crippen LogP contribution in [0.3, 0.4) is 0 Å². The van der Waals surface area contributed by atoms with E-state index in [1.165, 1.54) is 0 Å². The molecule has 0 saturated heterocycles. The van der Waals surface area contributed by atoms with Gasteiger partial charge in [0.15, 0.2) is 11.6 Å². The van der Waals surface area contributed by atoms with Crippen molar-refractivity contribution >= 4 is 23.3 Å². The van der Waals surface area contributed by atoms with Gasteiger partial charge in [0.1, 0.15) is 0 Å². The van der Waals surface area contributed by atoms with Crippen molar-refractivity contribution in [2.24, 2.45) is 16.6 Å². The zero-order valence-electron chi connectivity index (χ0n) is 12.9. The largest absolute Gasteiger partial charge is 0.468 e. The molecule has 1 aromatic rings. The lowest BCUT2D eigenvalue weighted by atomic mass is 9.73. The lowest BCUT2D eigenvalue weighted by Gasteiger charge is -2.42. The summed E-state index contributed by atoms with van der Waals surface area (Å²) in [5.74, 6) is 0.682. The normalized spacial score (nSPS) is 29.0. The molecule has 1 aliphatic heterocycles. The van der Waals surface area contributed by atoms with Crippen LogP contribution in [-0.4, -0.2) is 23.8 Å². The predicted octanol–water partition coefficient (Wildman–Crippen LogP) is 3.07. The second-order valence-corrected chi connectivity index (χ2v) is 6.83. The second-order valence-electron chi connectivity index (χ2n) is 6.42. The van der Waals surface area contributed by atoms with Crippen LogP contribution in [0.2, 0.25) is 5.02 Å². The summed E-state index contributed by atoms with van der Waals surface area (Å²) < 4.78 is 5.81. The summed E-state index contributed by atoms with van der Waals surface area (Å²) in [6.45, 7) is 4.04. The maximum atomic E-state index is 12.9. The number of hydrogen-bond donors (Lipinski definition) is 1. The fraction of sp³-hybridized carbons (Fsp3) is 0.529.